The normalized spacial score (nSPS) is 10.4. The number of rotatable bonds is 3. The predicted octanol–water partition coefficient (Wildman–Crippen LogP) is 3.09. The standard InChI is InChI=1S/C16H13N3O/c1-12-10-19-8-4-7-15(16(19)18-12)20-11-14-6-3-2-5-13(14)9-17/h2-8,10H,11H2,1H3. The zero-order valence-electron chi connectivity index (χ0n) is 11.1. The summed E-state index contributed by atoms with van der Waals surface area (Å²) in [7, 11) is 0. The molecule has 4 heteroatoms. The van der Waals surface area contributed by atoms with Gasteiger partial charge in [-0.05, 0) is 25.1 Å². The fourth-order valence-corrected chi connectivity index (χ4v) is 2.13. The first kappa shape index (κ1) is 12.2. The molecule has 3 aromatic rings. The molecule has 2 heterocycles. The average molecular weight is 263 g/mol. The van der Waals surface area contributed by atoms with E-state index < -0.39 is 0 Å². The number of imidazole rings is 1. The molecule has 2 aromatic heterocycles. The van der Waals surface area contributed by atoms with E-state index >= 15 is 0 Å². The SMILES string of the molecule is Cc1cn2cccc(OCc3ccccc3C#N)c2n1. The van der Waals surface area contributed by atoms with Gasteiger partial charge in [0.1, 0.15) is 6.61 Å². The molecule has 0 aliphatic rings. The van der Waals surface area contributed by atoms with E-state index in [0.717, 1.165) is 16.9 Å². The highest BCUT2D eigenvalue weighted by Gasteiger charge is 2.07. The lowest BCUT2D eigenvalue weighted by molar-refractivity contribution is 0.308. The Morgan fingerprint density at radius 3 is 2.95 bits per heavy atom. The van der Waals surface area contributed by atoms with E-state index in [4.69, 9.17) is 10.00 Å². The van der Waals surface area contributed by atoms with Crippen LogP contribution in [-0.4, -0.2) is 9.38 Å². The van der Waals surface area contributed by atoms with Gasteiger partial charge >= 0.3 is 0 Å². The van der Waals surface area contributed by atoms with Gasteiger partial charge in [0, 0.05) is 18.0 Å². The van der Waals surface area contributed by atoms with Crippen LogP contribution < -0.4 is 4.74 Å². The Balaban J connectivity index is 1.89. The highest BCUT2D eigenvalue weighted by Crippen LogP contribution is 2.20. The molecule has 4 nitrogen and oxygen atoms in total. The quantitative estimate of drug-likeness (QED) is 0.729. The van der Waals surface area contributed by atoms with Crippen molar-refractivity contribution in [3.05, 3.63) is 65.6 Å². The fourth-order valence-electron chi connectivity index (χ4n) is 2.13. The van der Waals surface area contributed by atoms with Crippen molar-refractivity contribution in [3.8, 4) is 11.8 Å². The number of nitriles is 1. The van der Waals surface area contributed by atoms with Crippen molar-refractivity contribution in [1.29, 1.82) is 5.26 Å². The van der Waals surface area contributed by atoms with Gasteiger partial charge in [-0.2, -0.15) is 5.26 Å². The topological polar surface area (TPSA) is 50.3 Å². The minimum Gasteiger partial charge on any atom is -0.485 e. The summed E-state index contributed by atoms with van der Waals surface area (Å²) in [5.41, 5.74) is 3.25. The Morgan fingerprint density at radius 1 is 1.25 bits per heavy atom. The molecule has 0 unspecified atom stereocenters. The number of aryl methyl sites for hydroxylation is 1. The number of hydrogen-bond donors (Lipinski definition) is 0. The molecular weight excluding hydrogens is 250 g/mol. The van der Waals surface area contributed by atoms with Crippen LogP contribution in [0.15, 0.2) is 48.8 Å². The summed E-state index contributed by atoms with van der Waals surface area (Å²) in [5.74, 6) is 0.716. The number of hydrogen-bond acceptors (Lipinski definition) is 3. The largest absolute Gasteiger partial charge is 0.485 e. The van der Waals surface area contributed by atoms with Gasteiger partial charge in [-0.15, -0.1) is 0 Å². The molecule has 0 aliphatic carbocycles. The summed E-state index contributed by atoms with van der Waals surface area (Å²) >= 11 is 0. The molecule has 98 valence electrons. The van der Waals surface area contributed by atoms with E-state index in [9.17, 15) is 0 Å². The van der Waals surface area contributed by atoms with Crippen LogP contribution in [0.1, 0.15) is 16.8 Å². The van der Waals surface area contributed by atoms with Gasteiger partial charge in [-0.3, -0.25) is 0 Å². The third kappa shape index (κ3) is 2.21. The van der Waals surface area contributed by atoms with Gasteiger partial charge in [0.2, 0.25) is 0 Å². The summed E-state index contributed by atoms with van der Waals surface area (Å²) in [4.78, 5) is 4.44. The average Bonchev–Trinajstić information content (AvgIpc) is 2.86. The van der Waals surface area contributed by atoms with E-state index in [2.05, 4.69) is 11.1 Å². The predicted molar refractivity (Wildman–Crippen MR) is 75.4 cm³/mol. The van der Waals surface area contributed by atoms with Crippen LogP contribution in [0.2, 0.25) is 0 Å². The van der Waals surface area contributed by atoms with Gasteiger partial charge in [0.25, 0.3) is 0 Å². The first-order valence-corrected chi connectivity index (χ1v) is 6.33. The van der Waals surface area contributed by atoms with E-state index in [0.29, 0.717) is 17.9 Å². The molecule has 0 saturated carbocycles. The number of nitrogens with zero attached hydrogens (tertiary/aromatic N) is 3. The number of ether oxygens (including phenoxy) is 1. The maximum absolute atomic E-state index is 9.07. The Kier molecular flexibility index (Phi) is 3.10. The van der Waals surface area contributed by atoms with E-state index in [1.54, 1.807) is 6.07 Å². The molecule has 0 N–H and O–H groups in total. The van der Waals surface area contributed by atoms with E-state index in [1.165, 1.54) is 0 Å². The summed E-state index contributed by atoms with van der Waals surface area (Å²) in [6.07, 6.45) is 3.89. The lowest BCUT2D eigenvalue weighted by atomic mass is 10.1. The highest BCUT2D eigenvalue weighted by atomic mass is 16.5. The Bertz CT molecular complexity index is 799. The molecule has 0 atom stereocenters. The molecule has 0 fully saturated rings. The third-order valence-electron chi connectivity index (χ3n) is 3.09. The fraction of sp³-hybridized carbons (Fsp3) is 0.125. The molecule has 3 rings (SSSR count). The lowest BCUT2D eigenvalue weighted by Crippen LogP contribution is -1.99. The van der Waals surface area contributed by atoms with Crippen molar-refractivity contribution in [2.24, 2.45) is 0 Å². The van der Waals surface area contributed by atoms with Gasteiger partial charge in [0.15, 0.2) is 11.4 Å². The molecule has 0 bridgehead atoms. The zero-order valence-corrected chi connectivity index (χ0v) is 11.1. The van der Waals surface area contributed by atoms with Crippen molar-refractivity contribution in [2.45, 2.75) is 13.5 Å². The van der Waals surface area contributed by atoms with Crippen molar-refractivity contribution >= 4 is 5.65 Å². The number of fused-ring (bicyclic) bond motifs is 1. The Morgan fingerprint density at radius 2 is 2.10 bits per heavy atom. The van der Waals surface area contributed by atoms with Crippen LogP contribution in [-0.2, 0) is 6.61 Å². The Labute approximate surface area is 116 Å². The van der Waals surface area contributed by atoms with E-state index in [-0.39, 0.29) is 0 Å². The molecule has 0 amide bonds. The molecule has 0 radical (unpaired) electrons. The zero-order chi connectivity index (χ0) is 13.9. The molecule has 0 spiro atoms. The van der Waals surface area contributed by atoms with Gasteiger partial charge in [-0.1, -0.05) is 18.2 Å². The molecular formula is C16H13N3O. The monoisotopic (exact) mass is 263 g/mol. The minimum atomic E-state index is 0.356. The van der Waals surface area contributed by atoms with Crippen LogP contribution in [0.25, 0.3) is 5.65 Å². The highest BCUT2D eigenvalue weighted by molar-refractivity contribution is 5.54. The summed E-state index contributed by atoms with van der Waals surface area (Å²) in [6, 6.07) is 13.4. The van der Waals surface area contributed by atoms with Gasteiger partial charge < -0.3 is 9.14 Å². The van der Waals surface area contributed by atoms with Crippen molar-refractivity contribution < 1.29 is 4.74 Å². The third-order valence-corrected chi connectivity index (χ3v) is 3.09. The van der Waals surface area contributed by atoms with Gasteiger partial charge in [0.05, 0.1) is 17.3 Å². The smallest absolute Gasteiger partial charge is 0.179 e. The second kappa shape index (κ2) is 5.06. The number of aromatic nitrogens is 2. The summed E-state index contributed by atoms with van der Waals surface area (Å²) in [6.45, 7) is 2.30. The van der Waals surface area contributed by atoms with Crippen LogP contribution in [0, 0.1) is 18.3 Å². The molecule has 20 heavy (non-hydrogen) atoms. The van der Waals surface area contributed by atoms with Crippen molar-refractivity contribution in [3.63, 3.8) is 0 Å². The molecule has 0 aliphatic heterocycles. The minimum absolute atomic E-state index is 0.356. The lowest BCUT2D eigenvalue weighted by Gasteiger charge is -2.08. The molecule has 1 aromatic carbocycles. The van der Waals surface area contributed by atoms with Crippen LogP contribution >= 0.6 is 0 Å². The van der Waals surface area contributed by atoms with Crippen LogP contribution in [0.5, 0.6) is 5.75 Å². The van der Waals surface area contributed by atoms with E-state index in [1.807, 2.05) is 54.0 Å². The number of pyridine rings is 1. The first-order valence-electron chi connectivity index (χ1n) is 6.33. The maximum atomic E-state index is 9.07. The van der Waals surface area contributed by atoms with Crippen molar-refractivity contribution in [1.82, 2.24) is 9.38 Å². The summed E-state index contributed by atoms with van der Waals surface area (Å²) < 4.78 is 7.76. The maximum Gasteiger partial charge on any atom is 0.179 e. The number of benzene rings is 1. The van der Waals surface area contributed by atoms with Crippen LogP contribution in [0.4, 0.5) is 0 Å². The molecule has 0 saturated heterocycles. The second-order valence-electron chi connectivity index (χ2n) is 4.54. The summed E-state index contributed by atoms with van der Waals surface area (Å²) in [5, 5.41) is 9.07. The van der Waals surface area contributed by atoms with Crippen LogP contribution in [0.3, 0.4) is 0 Å². The first-order chi connectivity index (χ1) is 9.78. The second-order valence-corrected chi connectivity index (χ2v) is 4.54. The Hall–Kier alpha value is -2.80. The van der Waals surface area contributed by atoms with Crippen molar-refractivity contribution in [2.75, 3.05) is 0 Å². The van der Waals surface area contributed by atoms with Gasteiger partial charge in [-0.25, -0.2) is 4.98 Å².